The second kappa shape index (κ2) is 5.31. The van der Waals surface area contributed by atoms with Crippen LogP contribution in [0.1, 0.15) is 25.3 Å². The molecule has 1 saturated carbocycles. The van der Waals surface area contributed by atoms with E-state index in [2.05, 4.69) is 24.0 Å². The van der Waals surface area contributed by atoms with Crippen molar-refractivity contribution in [2.24, 2.45) is 11.8 Å². The van der Waals surface area contributed by atoms with E-state index in [1.54, 1.807) is 0 Å². The number of hydrogen-bond acceptors (Lipinski definition) is 1. The van der Waals surface area contributed by atoms with Crippen LogP contribution in [-0.2, 0) is 11.2 Å². The number of rotatable bonds is 5. The molecular formula is C17H22N2O. The molecule has 1 aliphatic rings. The molecule has 0 spiro atoms. The Morgan fingerprint density at radius 2 is 2.15 bits per heavy atom. The van der Waals surface area contributed by atoms with Gasteiger partial charge in [0, 0.05) is 37.1 Å². The molecule has 20 heavy (non-hydrogen) atoms. The number of amides is 1. The average Bonchev–Trinajstić information content (AvgIpc) is 3.00. The molecule has 1 aromatic carbocycles. The van der Waals surface area contributed by atoms with Gasteiger partial charge in [-0.1, -0.05) is 25.1 Å². The van der Waals surface area contributed by atoms with Crippen molar-refractivity contribution in [1.82, 2.24) is 9.88 Å². The Hall–Kier alpha value is -1.77. The molecule has 1 aliphatic carbocycles. The summed E-state index contributed by atoms with van der Waals surface area (Å²) in [5.41, 5.74) is 2.39. The highest BCUT2D eigenvalue weighted by Crippen LogP contribution is 2.38. The summed E-state index contributed by atoms with van der Waals surface area (Å²) in [5.74, 6) is 1.80. The van der Waals surface area contributed by atoms with E-state index in [0.717, 1.165) is 30.3 Å². The molecule has 0 radical (unpaired) electrons. The molecule has 3 heteroatoms. The van der Waals surface area contributed by atoms with E-state index in [1.807, 2.05) is 30.3 Å². The predicted octanol–water partition coefficient (Wildman–Crippen LogP) is 3.21. The van der Waals surface area contributed by atoms with Crippen LogP contribution >= 0.6 is 0 Å². The molecule has 0 saturated heterocycles. The highest BCUT2D eigenvalue weighted by atomic mass is 16.2. The van der Waals surface area contributed by atoms with Crippen LogP contribution in [0.2, 0.25) is 0 Å². The second-order valence-corrected chi connectivity index (χ2v) is 6.11. The largest absolute Gasteiger partial charge is 0.361 e. The third kappa shape index (κ3) is 2.72. The van der Waals surface area contributed by atoms with Crippen LogP contribution in [0.25, 0.3) is 10.9 Å². The maximum absolute atomic E-state index is 12.2. The normalized spacial score (nSPS) is 21.1. The maximum atomic E-state index is 12.2. The Balaban J connectivity index is 1.57. The minimum atomic E-state index is 0.259. The molecule has 0 aliphatic heterocycles. The van der Waals surface area contributed by atoms with Crippen LogP contribution in [0, 0.1) is 11.8 Å². The lowest BCUT2D eigenvalue weighted by Crippen LogP contribution is -2.29. The molecule has 1 amide bonds. The zero-order chi connectivity index (χ0) is 14.1. The summed E-state index contributed by atoms with van der Waals surface area (Å²) < 4.78 is 0. The summed E-state index contributed by atoms with van der Waals surface area (Å²) in [7, 11) is 1.93. The SMILES string of the molecule is CC1CC1CN(C)C(=O)CCc1c[nH]c2ccccc12. The lowest BCUT2D eigenvalue weighted by atomic mass is 10.1. The van der Waals surface area contributed by atoms with Gasteiger partial charge in [-0.2, -0.15) is 0 Å². The fourth-order valence-electron chi connectivity index (χ4n) is 2.88. The van der Waals surface area contributed by atoms with Crippen molar-refractivity contribution >= 4 is 16.8 Å². The zero-order valence-electron chi connectivity index (χ0n) is 12.2. The van der Waals surface area contributed by atoms with E-state index in [1.165, 1.54) is 17.4 Å². The van der Waals surface area contributed by atoms with E-state index in [-0.39, 0.29) is 5.91 Å². The van der Waals surface area contributed by atoms with Gasteiger partial charge in [-0.05, 0) is 36.3 Å². The summed E-state index contributed by atoms with van der Waals surface area (Å²) in [4.78, 5) is 17.3. The van der Waals surface area contributed by atoms with Gasteiger partial charge in [0.05, 0.1) is 0 Å². The standard InChI is InChI=1S/C17H22N2O/c1-12-9-14(12)11-19(2)17(20)8-7-13-10-18-16-6-4-3-5-15(13)16/h3-6,10,12,14,18H,7-9,11H2,1-2H3. The summed E-state index contributed by atoms with van der Waals surface area (Å²) in [6.07, 6.45) is 4.72. The Morgan fingerprint density at radius 1 is 1.40 bits per heavy atom. The number of aryl methyl sites for hydroxylation is 1. The number of nitrogens with zero attached hydrogens (tertiary/aromatic N) is 1. The number of benzene rings is 1. The van der Waals surface area contributed by atoms with Gasteiger partial charge < -0.3 is 9.88 Å². The second-order valence-electron chi connectivity index (χ2n) is 6.11. The van der Waals surface area contributed by atoms with Gasteiger partial charge in [0.1, 0.15) is 0 Å². The van der Waals surface area contributed by atoms with Crippen molar-refractivity contribution < 1.29 is 4.79 Å². The van der Waals surface area contributed by atoms with E-state index in [0.29, 0.717) is 6.42 Å². The number of aromatic nitrogens is 1. The molecule has 106 valence electrons. The van der Waals surface area contributed by atoms with Crippen molar-refractivity contribution in [1.29, 1.82) is 0 Å². The Kier molecular flexibility index (Phi) is 3.51. The predicted molar refractivity (Wildman–Crippen MR) is 81.5 cm³/mol. The van der Waals surface area contributed by atoms with Gasteiger partial charge in [0.25, 0.3) is 0 Å². The van der Waals surface area contributed by atoms with Gasteiger partial charge >= 0.3 is 0 Å². The third-order valence-electron chi connectivity index (χ3n) is 4.49. The number of H-pyrrole nitrogens is 1. The van der Waals surface area contributed by atoms with Crippen LogP contribution in [0.4, 0.5) is 0 Å². The number of hydrogen-bond donors (Lipinski definition) is 1. The molecule has 3 rings (SSSR count). The number of carbonyl (C=O) groups is 1. The first-order valence-electron chi connectivity index (χ1n) is 7.44. The van der Waals surface area contributed by atoms with Gasteiger partial charge in [-0.3, -0.25) is 4.79 Å². The first-order chi connectivity index (χ1) is 9.65. The fourth-order valence-corrected chi connectivity index (χ4v) is 2.88. The number of para-hydroxylation sites is 1. The lowest BCUT2D eigenvalue weighted by molar-refractivity contribution is -0.130. The number of carbonyl (C=O) groups excluding carboxylic acids is 1. The van der Waals surface area contributed by atoms with Crippen molar-refractivity contribution in [3.05, 3.63) is 36.0 Å². The van der Waals surface area contributed by atoms with Gasteiger partial charge in [0.2, 0.25) is 5.91 Å². The molecule has 1 aromatic heterocycles. The molecular weight excluding hydrogens is 248 g/mol. The van der Waals surface area contributed by atoms with Crippen LogP contribution in [0.3, 0.4) is 0 Å². The molecule has 1 fully saturated rings. The quantitative estimate of drug-likeness (QED) is 0.889. The van der Waals surface area contributed by atoms with Crippen molar-refractivity contribution in [2.75, 3.05) is 13.6 Å². The van der Waals surface area contributed by atoms with Gasteiger partial charge in [-0.25, -0.2) is 0 Å². The molecule has 2 atom stereocenters. The highest BCUT2D eigenvalue weighted by molar-refractivity contribution is 5.84. The van der Waals surface area contributed by atoms with Crippen molar-refractivity contribution in [3.8, 4) is 0 Å². The molecule has 3 nitrogen and oxygen atoms in total. The van der Waals surface area contributed by atoms with E-state index in [9.17, 15) is 4.79 Å². The van der Waals surface area contributed by atoms with Crippen LogP contribution in [0.5, 0.6) is 0 Å². The highest BCUT2D eigenvalue weighted by Gasteiger charge is 2.33. The molecule has 1 heterocycles. The number of aromatic amines is 1. The lowest BCUT2D eigenvalue weighted by Gasteiger charge is -2.16. The van der Waals surface area contributed by atoms with E-state index >= 15 is 0 Å². The zero-order valence-corrected chi connectivity index (χ0v) is 12.2. The van der Waals surface area contributed by atoms with Gasteiger partial charge in [0.15, 0.2) is 0 Å². The maximum Gasteiger partial charge on any atom is 0.222 e. The molecule has 0 bridgehead atoms. The monoisotopic (exact) mass is 270 g/mol. The summed E-state index contributed by atoms with van der Waals surface area (Å²) >= 11 is 0. The molecule has 1 N–H and O–H groups in total. The minimum Gasteiger partial charge on any atom is -0.361 e. The van der Waals surface area contributed by atoms with Crippen molar-refractivity contribution in [3.63, 3.8) is 0 Å². The Morgan fingerprint density at radius 3 is 2.90 bits per heavy atom. The summed E-state index contributed by atoms with van der Waals surface area (Å²) in [5, 5.41) is 1.23. The first-order valence-corrected chi connectivity index (χ1v) is 7.44. The summed E-state index contributed by atoms with van der Waals surface area (Å²) in [6.45, 7) is 3.18. The fraction of sp³-hybridized carbons (Fsp3) is 0.471. The summed E-state index contributed by atoms with van der Waals surface area (Å²) in [6, 6.07) is 8.25. The van der Waals surface area contributed by atoms with Gasteiger partial charge in [-0.15, -0.1) is 0 Å². The molecule has 2 aromatic rings. The number of fused-ring (bicyclic) bond motifs is 1. The van der Waals surface area contributed by atoms with Crippen LogP contribution < -0.4 is 0 Å². The number of nitrogens with one attached hydrogen (secondary N) is 1. The Labute approximate surface area is 120 Å². The third-order valence-corrected chi connectivity index (χ3v) is 4.49. The first kappa shape index (κ1) is 13.2. The van der Waals surface area contributed by atoms with E-state index < -0.39 is 0 Å². The Bertz CT molecular complexity index is 616. The van der Waals surface area contributed by atoms with Crippen molar-refractivity contribution in [2.45, 2.75) is 26.2 Å². The van der Waals surface area contributed by atoms with Crippen LogP contribution in [-0.4, -0.2) is 29.4 Å². The smallest absolute Gasteiger partial charge is 0.222 e. The molecule has 2 unspecified atom stereocenters. The van der Waals surface area contributed by atoms with E-state index in [4.69, 9.17) is 0 Å². The van der Waals surface area contributed by atoms with Crippen LogP contribution in [0.15, 0.2) is 30.5 Å². The average molecular weight is 270 g/mol. The topological polar surface area (TPSA) is 36.1 Å². The minimum absolute atomic E-state index is 0.259.